The summed E-state index contributed by atoms with van der Waals surface area (Å²) in [6.45, 7) is 0.980. The van der Waals surface area contributed by atoms with Crippen LogP contribution in [0.25, 0.3) is 0 Å². The lowest BCUT2D eigenvalue weighted by molar-refractivity contribution is -0.142. The van der Waals surface area contributed by atoms with Gasteiger partial charge < -0.3 is 9.67 Å². The van der Waals surface area contributed by atoms with Crippen LogP contribution < -0.4 is 0 Å². The molecule has 1 aliphatic rings. The minimum absolute atomic E-state index is 0.0503. The molecule has 0 aromatic carbocycles. The van der Waals surface area contributed by atoms with Crippen LogP contribution in [-0.2, 0) is 34.1 Å². The highest BCUT2D eigenvalue weighted by atomic mass is 32.2. The summed E-state index contributed by atoms with van der Waals surface area (Å²) in [5.74, 6) is -0.755. The minimum Gasteiger partial charge on any atom is -0.480 e. The topological polar surface area (TPSA) is 105 Å². The number of aryl methyl sites for hydroxylation is 1. The monoisotopic (exact) mass is 396 g/mol. The first-order chi connectivity index (χ1) is 11.5. The van der Waals surface area contributed by atoms with Crippen LogP contribution in [0.3, 0.4) is 0 Å². The van der Waals surface area contributed by atoms with E-state index >= 15 is 0 Å². The Balaban J connectivity index is 2.03. The van der Waals surface area contributed by atoms with E-state index in [1.165, 1.54) is 4.57 Å². The molecule has 2 aromatic heterocycles. The third-order valence-corrected chi connectivity index (χ3v) is 7.17. The molecule has 136 valence electrons. The first-order valence-corrected chi connectivity index (χ1v) is 9.08. The summed E-state index contributed by atoms with van der Waals surface area (Å²) < 4.78 is 65.1. The summed E-state index contributed by atoms with van der Waals surface area (Å²) in [5, 5.41) is 16.9. The SMILES string of the molecule is Cc1nnc2n1CC(C(=O)O)N(S(=O)(=O)c1ccc(C(F)(F)F)s1)C2. The van der Waals surface area contributed by atoms with Crippen LogP contribution in [0, 0.1) is 6.92 Å². The number of fused-ring (bicyclic) bond motifs is 1. The number of carboxylic acids is 1. The number of aliphatic carboxylic acids is 1. The molecule has 2 aromatic rings. The highest BCUT2D eigenvalue weighted by Crippen LogP contribution is 2.38. The van der Waals surface area contributed by atoms with E-state index in [0.717, 1.165) is 6.07 Å². The number of aromatic nitrogens is 3. The van der Waals surface area contributed by atoms with Crippen LogP contribution in [0.4, 0.5) is 13.2 Å². The van der Waals surface area contributed by atoms with E-state index in [9.17, 15) is 31.5 Å². The van der Waals surface area contributed by atoms with E-state index in [-0.39, 0.29) is 30.3 Å². The van der Waals surface area contributed by atoms with Crippen LogP contribution in [-0.4, -0.2) is 44.6 Å². The largest absolute Gasteiger partial charge is 0.480 e. The highest BCUT2D eigenvalue weighted by molar-refractivity contribution is 7.91. The van der Waals surface area contributed by atoms with Crippen molar-refractivity contribution in [3.05, 3.63) is 28.7 Å². The Morgan fingerprint density at radius 3 is 2.60 bits per heavy atom. The molecule has 0 bridgehead atoms. The van der Waals surface area contributed by atoms with Gasteiger partial charge in [0.25, 0.3) is 10.0 Å². The zero-order chi connectivity index (χ0) is 18.6. The zero-order valence-electron chi connectivity index (χ0n) is 12.6. The van der Waals surface area contributed by atoms with Gasteiger partial charge in [-0.25, -0.2) is 8.42 Å². The summed E-state index contributed by atoms with van der Waals surface area (Å²) >= 11 is 0.0503. The molecule has 0 fully saturated rings. The second-order valence-electron chi connectivity index (χ2n) is 5.29. The number of alkyl halides is 3. The van der Waals surface area contributed by atoms with Crippen LogP contribution in [0.2, 0.25) is 0 Å². The number of halogens is 3. The molecule has 0 spiro atoms. The van der Waals surface area contributed by atoms with Gasteiger partial charge in [-0.2, -0.15) is 17.5 Å². The van der Waals surface area contributed by atoms with E-state index < -0.39 is 37.3 Å². The third kappa shape index (κ3) is 3.02. The molecule has 0 aliphatic carbocycles. The van der Waals surface area contributed by atoms with Gasteiger partial charge in [0.15, 0.2) is 0 Å². The quantitative estimate of drug-likeness (QED) is 0.839. The van der Waals surface area contributed by atoms with E-state index in [1.807, 2.05) is 0 Å². The molecule has 0 amide bonds. The summed E-state index contributed by atoms with van der Waals surface area (Å²) in [4.78, 5) is 10.4. The predicted octanol–water partition coefficient (Wildman–Crippen LogP) is 1.32. The Morgan fingerprint density at radius 2 is 2.04 bits per heavy atom. The second kappa shape index (κ2) is 5.78. The van der Waals surface area contributed by atoms with Crippen molar-refractivity contribution < 1.29 is 31.5 Å². The average Bonchev–Trinajstić information content (AvgIpc) is 3.13. The van der Waals surface area contributed by atoms with Crippen molar-refractivity contribution in [1.82, 2.24) is 19.1 Å². The van der Waals surface area contributed by atoms with E-state index in [4.69, 9.17) is 0 Å². The first kappa shape index (κ1) is 17.8. The molecule has 1 N–H and O–H groups in total. The Morgan fingerprint density at radius 1 is 1.36 bits per heavy atom. The molecular formula is C12H11F3N4O4S2. The molecule has 0 saturated carbocycles. The Bertz CT molecular complexity index is 935. The number of thiophene rings is 1. The number of hydrogen-bond acceptors (Lipinski definition) is 6. The van der Waals surface area contributed by atoms with Crippen molar-refractivity contribution >= 4 is 27.3 Å². The standard InChI is InChI=1S/C12H11F3N4O4S2/c1-6-16-17-9-5-19(7(11(20)21)4-18(6)9)25(22,23)10-3-2-8(24-10)12(13,14)15/h2-3,7H,4-5H2,1H3,(H,20,21). The fourth-order valence-corrected chi connectivity index (χ4v) is 5.30. The predicted molar refractivity (Wildman–Crippen MR) is 78.2 cm³/mol. The van der Waals surface area contributed by atoms with Gasteiger partial charge in [0, 0.05) is 0 Å². The molecule has 3 heterocycles. The minimum atomic E-state index is -4.68. The lowest BCUT2D eigenvalue weighted by atomic mass is 10.2. The third-order valence-electron chi connectivity index (χ3n) is 3.72. The van der Waals surface area contributed by atoms with Crippen LogP contribution in [0.1, 0.15) is 16.5 Å². The second-order valence-corrected chi connectivity index (χ2v) is 8.50. The molecule has 13 heteroatoms. The van der Waals surface area contributed by atoms with Gasteiger partial charge >= 0.3 is 12.1 Å². The molecular weight excluding hydrogens is 385 g/mol. The van der Waals surface area contributed by atoms with Crippen molar-refractivity contribution in [3.8, 4) is 0 Å². The molecule has 0 radical (unpaired) electrons. The summed E-state index contributed by atoms with van der Waals surface area (Å²) in [6, 6.07) is 0.0135. The Hall–Kier alpha value is -1.99. The Kier molecular flexibility index (Phi) is 4.12. The van der Waals surface area contributed by atoms with Gasteiger partial charge in [0.1, 0.15) is 26.8 Å². The fraction of sp³-hybridized carbons (Fsp3) is 0.417. The number of rotatable bonds is 3. The average molecular weight is 396 g/mol. The number of carbonyl (C=O) groups is 1. The number of carboxylic acid groups (broad SMARTS) is 1. The van der Waals surface area contributed by atoms with Crippen molar-refractivity contribution in [2.75, 3.05) is 0 Å². The van der Waals surface area contributed by atoms with Crippen molar-refractivity contribution in [1.29, 1.82) is 0 Å². The normalized spacial score (nSPS) is 19.0. The fourth-order valence-electron chi connectivity index (χ4n) is 2.47. The molecule has 8 nitrogen and oxygen atoms in total. The molecule has 25 heavy (non-hydrogen) atoms. The van der Waals surface area contributed by atoms with E-state index in [2.05, 4.69) is 10.2 Å². The number of hydrogen-bond donors (Lipinski definition) is 1. The van der Waals surface area contributed by atoms with E-state index in [1.54, 1.807) is 6.92 Å². The van der Waals surface area contributed by atoms with Crippen LogP contribution in [0.5, 0.6) is 0 Å². The summed E-state index contributed by atoms with van der Waals surface area (Å²) in [5.41, 5.74) is 0. The molecule has 0 saturated heterocycles. The summed E-state index contributed by atoms with van der Waals surface area (Å²) in [7, 11) is -4.44. The first-order valence-electron chi connectivity index (χ1n) is 6.82. The van der Waals surface area contributed by atoms with Gasteiger partial charge in [0.2, 0.25) is 0 Å². The molecule has 1 aliphatic heterocycles. The van der Waals surface area contributed by atoms with Crippen LogP contribution in [0.15, 0.2) is 16.3 Å². The van der Waals surface area contributed by atoms with Crippen molar-refractivity contribution in [3.63, 3.8) is 0 Å². The van der Waals surface area contributed by atoms with Crippen LogP contribution >= 0.6 is 11.3 Å². The van der Waals surface area contributed by atoms with E-state index in [0.29, 0.717) is 16.2 Å². The maximum atomic E-state index is 12.7. The molecule has 3 rings (SSSR count). The van der Waals surface area contributed by atoms with Gasteiger partial charge in [-0.15, -0.1) is 21.5 Å². The maximum Gasteiger partial charge on any atom is 0.425 e. The number of sulfonamides is 1. The zero-order valence-corrected chi connectivity index (χ0v) is 14.2. The molecule has 1 unspecified atom stereocenters. The van der Waals surface area contributed by atoms with Crippen molar-refractivity contribution in [2.45, 2.75) is 36.4 Å². The smallest absolute Gasteiger partial charge is 0.425 e. The van der Waals surface area contributed by atoms with Gasteiger partial charge in [0.05, 0.1) is 13.1 Å². The lowest BCUT2D eigenvalue weighted by Gasteiger charge is -2.32. The van der Waals surface area contributed by atoms with Gasteiger partial charge in [-0.3, -0.25) is 4.79 Å². The number of nitrogens with zero attached hydrogens (tertiary/aromatic N) is 4. The van der Waals surface area contributed by atoms with Crippen molar-refractivity contribution in [2.24, 2.45) is 0 Å². The van der Waals surface area contributed by atoms with Gasteiger partial charge in [-0.05, 0) is 19.1 Å². The maximum absolute atomic E-state index is 12.7. The molecule has 1 atom stereocenters. The summed E-state index contributed by atoms with van der Waals surface area (Å²) in [6.07, 6.45) is -4.68. The Labute approximate surface area is 143 Å². The highest BCUT2D eigenvalue weighted by Gasteiger charge is 2.43. The lowest BCUT2D eigenvalue weighted by Crippen LogP contribution is -2.50. The van der Waals surface area contributed by atoms with Gasteiger partial charge in [-0.1, -0.05) is 0 Å².